The summed E-state index contributed by atoms with van der Waals surface area (Å²) in [5, 5.41) is 11.0. The van der Waals surface area contributed by atoms with E-state index < -0.39 is 17.4 Å². The van der Waals surface area contributed by atoms with Gasteiger partial charge in [0.1, 0.15) is 11.6 Å². The van der Waals surface area contributed by atoms with Crippen molar-refractivity contribution in [3.63, 3.8) is 0 Å². The topological polar surface area (TPSA) is 60.7 Å². The Morgan fingerprint density at radius 3 is 2.67 bits per heavy atom. The molecule has 0 spiro atoms. The fraction of sp³-hybridized carbons (Fsp3) is 0.273. The zero-order chi connectivity index (χ0) is 13.3. The average Bonchev–Trinajstić information content (AvgIpc) is 2.69. The number of nitrogens with zero attached hydrogens (tertiary/aromatic N) is 4. The molecular formula is C11H10F2N4O. The van der Waals surface area contributed by atoms with Crippen LogP contribution in [0.1, 0.15) is 21.7 Å². The standard InChI is InChI=1S/C11H10F2N4O/c1-6-3-7(9(13)4-8(6)12)10(18)5-11-14-16-17(2)15-11/h3-4H,5H2,1-2H3. The first kappa shape index (κ1) is 12.3. The summed E-state index contributed by atoms with van der Waals surface area (Å²) < 4.78 is 26.5. The van der Waals surface area contributed by atoms with Crippen molar-refractivity contribution >= 4 is 5.78 Å². The van der Waals surface area contributed by atoms with Crippen LogP contribution in [0.2, 0.25) is 0 Å². The van der Waals surface area contributed by atoms with E-state index in [9.17, 15) is 13.6 Å². The third kappa shape index (κ3) is 2.39. The molecule has 1 aromatic carbocycles. The molecule has 0 fully saturated rings. The minimum atomic E-state index is -0.882. The van der Waals surface area contributed by atoms with Gasteiger partial charge in [-0.15, -0.1) is 10.2 Å². The molecule has 18 heavy (non-hydrogen) atoms. The Labute approximate surface area is 101 Å². The van der Waals surface area contributed by atoms with E-state index in [4.69, 9.17) is 0 Å². The van der Waals surface area contributed by atoms with Crippen molar-refractivity contribution in [2.24, 2.45) is 7.05 Å². The normalized spacial score (nSPS) is 10.7. The number of ketones is 1. The maximum atomic E-state index is 13.5. The van der Waals surface area contributed by atoms with E-state index >= 15 is 0 Å². The summed E-state index contributed by atoms with van der Waals surface area (Å²) in [6.07, 6.45) is -0.171. The lowest BCUT2D eigenvalue weighted by Gasteiger charge is -2.03. The number of aryl methyl sites for hydroxylation is 2. The number of carbonyl (C=O) groups excluding carboxylic acids is 1. The molecule has 94 valence electrons. The molecule has 0 atom stereocenters. The molecule has 0 bridgehead atoms. The predicted octanol–water partition coefficient (Wildman–Crippen LogP) is 1.22. The minimum absolute atomic E-state index is 0.165. The van der Waals surface area contributed by atoms with Crippen molar-refractivity contribution in [2.45, 2.75) is 13.3 Å². The van der Waals surface area contributed by atoms with Gasteiger partial charge in [-0.25, -0.2) is 8.78 Å². The highest BCUT2D eigenvalue weighted by atomic mass is 19.1. The summed E-state index contributed by atoms with van der Waals surface area (Å²) in [7, 11) is 1.56. The molecule has 7 heteroatoms. The molecule has 2 aromatic rings. The lowest BCUT2D eigenvalue weighted by Crippen LogP contribution is -2.09. The highest BCUT2D eigenvalue weighted by Gasteiger charge is 2.17. The molecule has 5 nitrogen and oxygen atoms in total. The van der Waals surface area contributed by atoms with Gasteiger partial charge in [0.25, 0.3) is 0 Å². The van der Waals surface area contributed by atoms with Gasteiger partial charge in [-0.05, 0) is 23.8 Å². The largest absolute Gasteiger partial charge is 0.294 e. The molecule has 1 aromatic heterocycles. The van der Waals surface area contributed by atoms with Crippen molar-refractivity contribution in [2.75, 3.05) is 0 Å². The van der Waals surface area contributed by atoms with Gasteiger partial charge in [-0.2, -0.15) is 4.80 Å². The molecule has 2 rings (SSSR count). The lowest BCUT2D eigenvalue weighted by atomic mass is 10.0. The number of rotatable bonds is 3. The third-order valence-corrected chi connectivity index (χ3v) is 2.42. The second-order valence-corrected chi connectivity index (χ2v) is 3.88. The van der Waals surface area contributed by atoms with Crippen molar-refractivity contribution < 1.29 is 13.6 Å². The van der Waals surface area contributed by atoms with Crippen LogP contribution < -0.4 is 0 Å². The zero-order valence-electron chi connectivity index (χ0n) is 9.81. The van der Waals surface area contributed by atoms with Gasteiger partial charge in [0.2, 0.25) is 0 Å². The highest BCUT2D eigenvalue weighted by molar-refractivity contribution is 5.97. The van der Waals surface area contributed by atoms with Crippen LogP contribution in [0.4, 0.5) is 8.78 Å². The summed E-state index contributed by atoms with van der Waals surface area (Å²) >= 11 is 0. The van der Waals surface area contributed by atoms with Gasteiger partial charge >= 0.3 is 0 Å². The number of carbonyl (C=O) groups is 1. The van der Waals surface area contributed by atoms with E-state index in [-0.39, 0.29) is 23.4 Å². The first-order chi connectivity index (χ1) is 8.47. The lowest BCUT2D eigenvalue weighted by molar-refractivity contribution is 0.0986. The molecule has 0 saturated carbocycles. The summed E-state index contributed by atoms with van der Waals surface area (Å²) in [6, 6.07) is 1.88. The quantitative estimate of drug-likeness (QED) is 0.771. The molecule has 0 saturated heterocycles. The van der Waals surface area contributed by atoms with Crippen LogP contribution in [0.5, 0.6) is 0 Å². The number of tetrazole rings is 1. The number of halogens is 2. The third-order valence-electron chi connectivity index (χ3n) is 2.42. The van der Waals surface area contributed by atoms with E-state index in [1.54, 1.807) is 7.05 Å². The Morgan fingerprint density at radius 2 is 2.06 bits per heavy atom. The number of Topliss-reactive ketones (excluding diaryl/α,β-unsaturated/α-hetero) is 1. The maximum absolute atomic E-state index is 13.5. The first-order valence-electron chi connectivity index (χ1n) is 5.19. The van der Waals surface area contributed by atoms with Gasteiger partial charge < -0.3 is 0 Å². The van der Waals surface area contributed by atoms with E-state index in [2.05, 4.69) is 15.4 Å². The van der Waals surface area contributed by atoms with Gasteiger partial charge in [-0.3, -0.25) is 4.79 Å². The Hall–Kier alpha value is -2.18. The molecule has 0 aliphatic heterocycles. The minimum Gasteiger partial charge on any atom is -0.294 e. The molecule has 0 radical (unpaired) electrons. The predicted molar refractivity (Wildman–Crippen MR) is 57.9 cm³/mol. The number of aromatic nitrogens is 4. The van der Waals surface area contributed by atoms with Crippen molar-refractivity contribution in [1.29, 1.82) is 0 Å². The summed E-state index contributed by atoms with van der Waals surface area (Å²) in [4.78, 5) is 13.0. The van der Waals surface area contributed by atoms with Crippen LogP contribution in [-0.4, -0.2) is 26.0 Å². The molecule has 0 aliphatic rings. The van der Waals surface area contributed by atoms with E-state index in [0.29, 0.717) is 6.07 Å². The van der Waals surface area contributed by atoms with Crippen molar-refractivity contribution in [3.05, 3.63) is 40.7 Å². The van der Waals surface area contributed by atoms with Crippen LogP contribution in [-0.2, 0) is 13.5 Å². The Bertz CT molecular complexity index is 609. The smallest absolute Gasteiger partial charge is 0.182 e. The van der Waals surface area contributed by atoms with Crippen LogP contribution in [0.3, 0.4) is 0 Å². The Morgan fingerprint density at radius 1 is 1.33 bits per heavy atom. The molecule has 0 unspecified atom stereocenters. The second kappa shape index (κ2) is 4.59. The van der Waals surface area contributed by atoms with E-state index in [1.165, 1.54) is 17.8 Å². The maximum Gasteiger partial charge on any atom is 0.182 e. The van der Waals surface area contributed by atoms with Crippen LogP contribution in [0, 0.1) is 18.6 Å². The summed E-state index contributed by atoms with van der Waals surface area (Å²) in [5.74, 6) is -1.87. The van der Waals surface area contributed by atoms with E-state index in [1.807, 2.05) is 0 Å². The summed E-state index contributed by atoms with van der Waals surface area (Å²) in [6.45, 7) is 1.46. The molecule has 0 N–H and O–H groups in total. The molecular weight excluding hydrogens is 242 g/mol. The van der Waals surface area contributed by atoms with Gasteiger partial charge in [0, 0.05) is 6.07 Å². The Kier molecular flexibility index (Phi) is 3.14. The number of benzene rings is 1. The van der Waals surface area contributed by atoms with E-state index in [0.717, 1.165) is 0 Å². The van der Waals surface area contributed by atoms with Gasteiger partial charge in [0.05, 0.1) is 19.0 Å². The monoisotopic (exact) mass is 252 g/mol. The highest BCUT2D eigenvalue weighted by Crippen LogP contribution is 2.15. The van der Waals surface area contributed by atoms with Crippen molar-refractivity contribution in [3.8, 4) is 0 Å². The fourth-order valence-corrected chi connectivity index (χ4v) is 1.50. The first-order valence-corrected chi connectivity index (χ1v) is 5.19. The number of hydrogen-bond donors (Lipinski definition) is 0. The van der Waals surface area contributed by atoms with Crippen LogP contribution in [0.15, 0.2) is 12.1 Å². The summed E-state index contributed by atoms with van der Waals surface area (Å²) in [5.41, 5.74) is 0.0493. The number of hydrogen-bond acceptors (Lipinski definition) is 4. The van der Waals surface area contributed by atoms with Crippen molar-refractivity contribution in [1.82, 2.24) is 20.2 Å². The SMILES string of the molecule is Cc1cc(C(=O)Cc2nnn(C)n2)c(F)cc1F. The average molecular weight is 252 g/mol. The molecule has 0 amide bonds. The second-order valence-electron chi connectivity index (χ2n) is 3.88. The zero-order valence-corrected chi connectivity index (χ0v) is 9.81. The molecule has 1 heterocycles. The van der Waals surface area contributed by atoms with Gasteiger partial charge in [-0.1, -0.05) is 0 Å². The molecule has 0 aliphatic carbocycles. The van der Waals surface area contributed by atoms with Crippen LogP contribution >= 0.6 is 0 Å². The Balaban J connectivity index is 2.26. The van der Waals surface area contributed by atoms with Crippen LogP contribution in [0.25, 0.3) is 0 Å². The van der Waals surface area contributed by atoms with Gasteiger partial charge in [0.15, 0.2) is 11.6 Å². The fourth-order valence-electron chi connectivity index (χ4n) is 1.50.